The van der Waals surface area contributed by atoms with Crippen molar-refractivity contribution in [2.24, 2.45) is 7.05 Å². The summed E-state index contributed by atoms with van der Waals surface area (Å²) in [6, 6.07) is 16.4. The third-order valence-electron chi connectivity index (χ3n) is 5.22. The van der Waals surface area contributed by atoms with Crippen molar-refractivity contribution in [3.63, 3.8) is 0 Å². The number of aromatic nitrogens is 4. The van der Waals surface area contributed by atoms with E-state index in [4.69, 9.17) is 9.47 Å². The van der Waals surface area contributed by atoms with Crippen molar-refractivity contribution < 1.29 is 14.3 Å². The lowest BCUT2D eigenvalue weighted by molar-refractivity contribution is 0.0935. The van der Waals surface area contributed by atoms with Crippen molar-refractivity contribution >= 4 is 5.91 Å². The Morgan fingerprint density at radius 3 is 2.31 bits per heavy atom. The summed E-state index contributed by atoms with van der Waals surface area (Å²) in [6.07, 6.45) is 3.53. The zero-order valence-electron chi connectivity index (χ0n) is 18.4. The Morgan fingerprint density at radius 2 is 1.72 bits per heavy atom. The van der Waals surface area contributed by atoms with Crippen molar-refractivity contribution in [3.8, 4) is 17.2 Å². The van der Waals surface area contributed by atoms with Gasteiger partial charge in [-0.15, -0.1) is 0 Å². The number of nitrogens with one attached hydrogen (secondary N) is 1. The molecule has 0 spiro atoms. The first-order valence-electron chi connectivity index (χ1n) is 10.1. The Bertz CT molecular complexity index is 1210. The molecule has 0 saturated carbocycles. The van der Waals surface area contributed by atoms with Crippen LogP contribution in [0.1, 0.15) is 33.6 Å². The molecule has 0 aliphatic heterocycles. The summed E-state index contributed by atoms with van der Waals surface area (Å²) in [5.41, 5.74) is 2.85. The quantitative estimate of drug-likeness (QED) is 0.485. The Morgan fingerprint density at radius 1 is 1.03 bits per heavy atom. The van der Waals surface area contributed by atoms with E-state index in [1.165, 1.54) is 0 Å². The molecule has 0 fully saturated rings. The Balaban J connectivity index is 1.70. The number of ether oxygens (including phenoxy) is 2. The molecule has 0 saturated heterocycles. The largest absolute Gasteiger partial charge is 0.497 e. The maximum absolute atomic E-state index is 13.3. The van der Waals surface area contributed by atoms with E-state index in [2.05, 4.69) is 15.4 Å². The first-order valence-corrected chi connectivity index (χ1v) is 10.1. The lowest BCUT2D eigenvalue weighted by atomic mass is 10.0. The van der Waals surface area contributed by atoms with Gasteiger partial charge in [0.25, 0.3) is 5.91 Å². The summed E-state index contributed by atoms with van der Waals surface area (Å²) in [7, 11) is 5.06. The second kappa shape index (κ2) is 8.97. The molecular weight excluding hydrogens is 406 g/mol. The molecule has 1 unspecified atom stereocenters. The number of benzene rings is 2. The van der Waals surface area contributed by atoms with Crippen LogP contribution in [0.5, 0.6) is 11.5 Å². The number of carbonyl (C=O) groups is 1. The van der Waals surface area contributed by atoms with Crippen molar-refractivity contribution in [1.82, 2.24) is 24.6 Å². The average Bonchev–Trinajstić information content (AvgIpc) is 3.42. The van der Waals surface area contributed by atoms with Gasteiger partial charge in [-0.2, -0.15) is 5.10 Å². The van der Waals surface area contributed by atoms with Crippen LogP contribution >= 0.6 is 0 Å². The molecule has 1 amide bonds. The van der Waals surface area contributed by atoms with Crippen molar-refractivity contribution in [2.45, 2.75) is 13.0 Å². The number of aryl methyl sites for hydroxylation is 2. The molecule has 4 rings (SSSR count). The van der Waals surface area contributed by atoms with Crippen LogP contribution in [0, 0.1) is 6.92 Å². The molecule has 0 bridgehead atoms. The molecule has 4 aromatic rings. The maximum Gasteiger partial charge on any atom is 0.272 e. The predicted octanol–water partition coefficient (Wildman–Crippen LogP) is 3.45. The van der Waals surface area contributed by atoms with Gasteiger partial charge in [0.2, 0.25) is 0 Å². The number of imidazole rings is 1. The number of methoxy groups -OCH3 is 2. The summed E-state index contributed by atoms with van der Waals surface area (Å²) in [5, 5.41) is 7.60. The normalized spacial score (nSPS) is 11.8. The van der Waals surface area contributed by atoms with Crippen LogP contribution in [0.3, 0.4) is 0 Å². The van der Waals surface area contributed by atoms with E-state index in [0.717, 1.165) is 16.9 Å². The van der Waals surface area contributed by atoms with Gasteiger partial charge in [0.05, 0.1) is 19.9 Å². The second-order valence-electron chi connectivity index (χ2n) is 7.37. The molecule has 0 radical (unpaired) electrons. The summed E-state index contributed by atoms with van der Waals surface area (Å²) in [4.78, 5) is 17.7. The number of carbonyl (C=O) groups excluding carboxylic acids is 1. The molecule has 32 heavy (non-hydrogen) atoms. The minimum Gasteiger partial charge on any atom is -0.497 e. The van der Waals surface area contributed by atoms with E-state index >= 15 is 0 Å². The molecule has 1 N–H and O–H groups in total. The highest BCUT2D eigenvalue weighted by atomic mass is 16.5. The number of para-hydroxylation sites is 1. The smallest absolute Gasteiger partial charge is 0.272 e. The van der Waals surface area contributed by atoms with E-state index < -0.39 is 6.04 Å². The van der Waals surface area contributed by atoms with E-state index in [1.807, 2.05) is 67.2 Å². The van der Waals surface area contributed by atoms with E-state index in [9.17, 15) is 4.79 Å². The molecule has 1 atom stereocenters. The molecule has 164 valence electrons. The third-order valence-corrected chi connectivity index (χ3v) is 5.22. The lowest BCUT2D eigenvalue weighted by Gasteiger charge is -2.20. The summed E-state index contributed by atoms with van der Waals surface area (Å²) in [6.45, 7) is 1.92. The Kier molecular flexibility index (Phi) is 5.93. The first kappa shape index (κ1) is 21.2. The molecule has 8 nitrogen and oxygen atoms in total. The fourth-order valence-electron chi connectivity index (χ4n) is 3.57. The number of hydrogen-bond acceptors (Lipinski definition) is 5. The van der Waals surface area contributed by atoms with E-state index in [1.54, 1.807) is 37.2 Å². The van der Waals surface area contributed by atoms with Gasteiger partial charge in [-0.1, -0.05) is 18.2 Å². The predicted molar refractivity (Wildman–Crippen MR) is 120 cm³/mol. The fourth-order valence-corrected chi connectivity index (χ4v) is 3.57. The highest BCUT2D eigenvalue weighted by Crippen LogP contribution is 2.29. The highest BCUT2D eigenvalue weighted by Gasteiger charge is 2.24. The van der Waals surface area contributed by atoms with Crippen LogP contribution in [-0.2, 0) is 7.05 Å². The third kappa shape index (κ3) is 4.20. The van der Waals surface area contributed by atoms with Gasteiger partial charge in [0.15, 0.2) is 5.69 Å². The summed E-state index contributed by atoms with van der Waals surface area (Å²) in [5.74, 6) is 1.61. The van der Waals surface area contributed by atoms with Gasteiger partial charge in [0, 0.05) is 31.2 Å². The van der Waals surface area contributed by atoms with Crippen molar-refractivity contribution in [1.29, 1.82) is 0 Å². The standard InChI is InChI=1S/C24H25N5O3/c1-16-12-21(27-29(16)18-8-6-5-7-9-18)24(30)26-22(23-25-10-11-28(23)2)17-13-19(31-3)15-20(14-17)32-4/h5-15,22H,1-4H3,(H,26,30). The van der Waals surface area contributed by atoms with Crippen LogP contribution < -0.4 is 14.8 Å². The monoisotopic (exact) mass is 431 g/mol. The van der Waals surface area contributed by atoms with Crippen LogP contribution in [0.25, 0.3) is 5.69 Å². The van der Waals surface area contributed by atoms with Gasteiger partial charge < -0.3 is 19.4 Å². The molecule has 0 aliphatic rings. The summed E-state index contributed by atoms with van der Waals surface area (Å²) < 4.78 is 14.4. The van der Waals surface area contributed by atoms with Gasteiger partial charge in [0.1, 0.15) is 23.4 Å². The number of hydrogen-bond donors (Lipinski definition) is 1. The topological polar surface area (TPSA) is 83.2 Å². The van der Waals surface area contributed by atoms with Gasteiger partial charge in [-0.05, 0) is 42.8 Å². The molecule has 2 aromatic heterocycles. The summed E-state index contributed by atoms with van der Waals surface area (Å²) >= 11 is 0. The average molecular weight is 431 g/mol. The zero-order chi connectivity index (χ0) is 22.7. The number of nitrogens with zero attached hydrogens (tertiary/aromatic N) is 4. The van der Waals surface area contributed by atoms with E-state index in [0.29, 0.717) is 23.0 Å². The molecule has 0 aliphatic carbocycles. The van der Waals surface area contributed by atoms with Crippen molar-refractivity contribution in [2.75, 3.05) is 14.2 Å². The second-order valence-corrected chi connectivity index (χ2v) is 7.37. The Hall–Kier alpha value is -4.07. The Labute approximate surface area is 186 Å². The lowest BCUT2D eigenvalue weighted by Crippen LogP contribution is -2.31. The van der Waals surface area contributed by atoms with Crippen LogP contribution in [0.4, 0.5) is 0 Å². The molecule has 8 heteroatoms. The minimum absolute atomic E-state index is 0.308. The maximum atomic E-state index is 13.3. The molecule has 2 aromatic carbocycles. The zero-order valence-corrected chi connectivity index (χ0v) is 18.4. The van der Waals surface area contributed by atoms with Gasteiger partial charge in [-0.25, -0.2) is 9.67 Å². The molecule has 2 heterocycles. The van der Waals surface area contributed by atoms with Gasteiger partial charge in [-0.3, -0.25) is 4.79 Å². The van der Waals surface area contributed by atoms with Gasteiger partial charge >= 0.3 is 0 Å². The van der Waals surface area contributed by atoms with E-state index in [-0.39, 0.29) is 5.91 Å². The number of rotatable bonds is 7. The first-order chi connectivity index (χ1) is 15.5. The van der Waals surface area contributed by atoms with Crippen LogP contribution in [0.2, 0.25) is 0 Å². The minimum atomic E-state index is -0.534. The van der Waals surface area contributed by atoms with Crippen molar-refractivity contribution in [3.05, 3.63) is 89.8 Å². The van der Waals surface area contributed by atoms with Crippen LogP contribution in [0.15, 0.2) is 67.0 Å². The fraction of sp³-hybridized carbons (Fsp3) is 0.208. The number of amides is 1. The molecular formula is C24H25N5O3. The SMILES string of the molecule is COc1cc(OC)cc(C(NC(=O)c2cc(C)n(-c3ccccc3)n2)c2nccn2C)c1. The van der Waals surface area contributed by atoms with Crippen LogP contribution in [-0.4, -0.2) is 39.5 Å². The highest BCUT2D eigenvalue weighted by molar-refractivity contribution is 5.93.